The summed E-state index contributed by atoms with van der Waals surface area (Å²) in [5, 5.41) is 3.66. The predicted molar refractivity (Wildman–Crippen MR) is 68.0 cm³/mol. The summed E-state index contributed by atoms with van der Waals surface area (Å²) < 4.78 is 5.44. The zero-order valence-electron chi connectivity index (χ0n) is 10.6. The van der Waals surface area contributed by atoms with Crippen molar-refractivity contribution in [3.8, 4) is 0 Å². The van der Waals surface area contributed by atoms with Gasteiger partial charge in [-0.3, -0.25) is 4.90 Å². The smallest absolute Gasteiger partial charge is 0.105 e. The fraction of sp³-hybridized carbons (Fsp3) is 0.714. The molecule has 2 atom stereocenters. The largest absolute Gasteiger partial charge is 0.469 e. The highest BCUT2D eigenvalue weighted by Gasteiger charge is 2.34. The Bertz CT molecular complexity index is 345. The summed E-state index contributed by atoms with van der Waals surface area (Å²) in [4.78, 5) is 2.61. The highest BCUT2D eigenvalue weighted by Crippen LogP contribution is 2.34. The van der Waals surface area contributed by atoms with Crippen molar-refractivity contribution >= 4 is 0 Å². The van der Waals surface area contributed by atoms with Crippen LogP contribution in [0.1, 0.15) is 25.5 Å². The Kier molecular flexibility index (Phi) is 3.21. The van der Waals surface area contributed by atoms with Crippen molar-refractivity contribution in [2.45, 2.75) is 38.3 Å². The molecule has 3 heteroatoms. The van der Waals surface area contributed by atoms with Crippen LogP contribution in [0.5, 0.6) is 0 Å². The third-order valence-corrected chi connectivity index (χ3v) is 4.13. The van der Waals surface area contributed by atoms with Crippen molar-refractivity contribution in [1.29, 1.82) is 0 Å². The van der Waals surface area contributed by atoms with E-state index in [9.17, 15) is 0 Å². The first-order valence-electron chi connectivity index (χ1n) is 6.83. The van der Waals surface area contributed by atoms with Crippen molar-refractivity contribution < 1.29 is 4.42 Å². The van der Waals surface area contributed by atoms with E-state index in [1.807, 2.05) is 6.07 Å². The molecule has 1 saturated heterocycles. The maximum Gasteiger partial charge on any atom is 0.105 e. The highest BCUT2D eigenvalue weighted by atomic mass is 16.3. The molecular weight excluding hydrogens is 212 g/mol. The second-order valence-electron chi connectivity index (χ2n) is 5.53. The number of rotatable bonds is 4. The van der Waals surface area contributed by atoms with Crippen LogP contribution in [0.4, 0.5) is 0 Å². The number of hydrogen-bond acceptors (Lipinski definition) is 3. The molecule has 0 amide bonds. The predicted octanol–water partition coefficient (Wildman–Crippen LogP) is 1.89. The van der Waals surface area contributed by atoms with Crippen LogP contribution in [0, 0.1) is 5.92 Å². The Labute approximate surface area is 103 Å². The third-order valence-electron chi connectivity index (χ3n) is 4.13. The summed E-state index contributed by atoms with van der Waals surface area (Å²) in [5.74, 6) is 2.06. The molecule has 94 valence electrons. The highest BCUT2D eigenvalue weighted by molar-refractivity contribution is 5.01. The topological polar surface area (TPSA) is 28.4 Å². The van der Waals surface area contributed by atoms with E-state index in [-0.39, 0.29) is 0 Å². The average molecular weight is 234 g/mol. The van der Waals surface area contributed by atoms with Crippen LogP contribution in [0.2, 0.25) is 0 Å². The Balaban J connectivity index is 1.55. The Morgan fingerprint density at radius 2 is 2.41 bits per heavy atom. The number of hydrogen-bond donors (Lipinski definition) is 1. The number of nitrogens with zero attached hydrogens (tertiary/aromatic N) is 1. The van der Waals surface area contributed by atoms with E-state index in [1.165, 1.54) is 25.9 Å². The molecule has 1 saturated carbocycles. The molecule has 3 nitrogen and oxygen atoms in total. The van der Waals surface area contributed by atoms with Crippen molar-refractivity contribution in [3.05, 3.63) is 24.2 Å². The zero-order chi connectivity index (χ0) is 11.7. The lowest BCUT2D eigenvalue weighted by Crippen LogP contribution is -2.54. The van der Waals surface area contributed by atoms with Crippen LogP contribution in [0.15, 0.2) is 22.8 Å². The first-order chi connectivity index (χ1) is 8.33. The van der Waals surface area contributed by atoms with Gasteiger partial charge in [0.05, 0.1) is 6.26 Å². The molecule has 0 radical (unpaired) electrons. The van der Waals surface area contributed by atoms with Crippen LogP contribution in [-0.2, 0) is 6.42 Å². The van der Waals surface area contributed by atoms with E-state index < -0.39 is 0 Å². The zero-order valence-corrected chi connectivity index (χ0v) is 10.6. The first-order valence-corrected chi connectivity index (χ1v) is 6.83. The van der Waals surface area contributed by atoms with E-state index in [2.05, 4.69) is 23.2 Å². The number of furan rings is 1. The fourth-order valence-electron chi connectivity index (χ4n) is 2.87. The minimum atomic E-state index is 0.587. The number of piperazine rings is 1. The van der Waals surface area contributed by atoms with Gasteiger partial charge < -0.3 is 9.73 Å². The molecule has 2 unspecified atom stereocenters. The lowest BCUT2D eigenvalue weighted by atomic mass is 10.1. The normalized spacial score (nSPS) is 28.2. The molecule has 2 fully saturated rings. The second kappa shape index (κ2) is 4.83. The average Bonchev–Trinajstić information content (AvgIpc) is 3.09. The molecule has 1 aliphatic carbocycles. The van der Waals surface area contributed by atoms with Crippen LogP contribution >= 0.6 is 0 Å². The maximum atomic E-state index is 5.44. The van der Waals surface area contributed by atoms with Crippen LogP contribution < -0.4 is 5.32 Å². The van der Waals surface area contributed by atoms with Gasteiger partial charge in [-0.25, -0.2) is 0 Å². The summed E-state index contributed by atoms with van der Waals surface area (Å²) in [5.41, 5.74) is 0. The van der Waals surface area contributed by atoms with Gasteiger partial charge in [-0.05, 0) is 37.8 Å². The molecule has 0 bridgehead atoms. The van der Waals surface area contributed by atoms with Crippen LogP contribution in [0.25, 0.3) is 0 Å². The van der Waals surface area contributed by atoms with Gasteiger partial charge in [0.2, 0.25) is 0 Å². The van der Waals surface area contributed by atoms with Gasteiger partial charge in [0.15, 0.2) is 0 Å². The lowest BCUT2D eigenvalue weighted by molar-refractivity contribution is 0.140. The van der Waals surface area contributed by atoms with Crippen molar-refractivity contribution in [2.24, 2.45) is 5.92 Å². The summed E-state index contributed by atoms with van der Waals surface area (Å²) in [6.07, 6.45) is 5.66. The standard InChI is InChI=1S/C14H22N2O/c1-11(9-13-3-2-8-17-13)16-7-6-15-14(10-16)12-4-5-12/h2-3,8,11-12,14-15H,4-7,9-10H2,1H3. The number of nitrogens with one attached hydrogen (secondary N) is 1. The van der Waals surface area contributed by atoms with Gasteiger partial charge in [-0.2, -0.15) is 0 Å². The van der Waals surface area contributed by atoms with Gasteiger partial charge >= 0.3 is 0 Å². The molecule has 2 aliphatic rings. The van der Waals surface area contributed by atoms with E-state index in [1.54, 1.807) is 6.26 Å². The molecule has 1 aromatic heterocycles. The second-order valence-corrected chi connectivity index (χ2v) is 5.53. The minimum absolute atomic E-state index is 0.587. The minimum Gasteiger partial charge on any atom is -0.469 e. The summed E-state index contributed by atoms with van der Waals surface area (Å²) in [6, 6.07) is 5.39. The quantitative estimate of drug-likeness (QED) is 0.862. The molecular formula is C14H22N2O. The molecule has 1 aromatic rings. The first kappa shape index (κ1) is 11.3. The molecule has 2 heterocycles. The molecule has 17 heavy (non-hydrogen) atoms. The van der Waals surface area contributed by atoms with Crippen LogP contribution in [0.3, 0.4) is 0 Å². The van der Waals surface area contributed by atoms with Gasteiger partial charge in [0.25, 0.3) is 0 Å². The fourth-order valence-corrected chi connectivity index (χ4v) is 2.87. The van der Waals surface area contributed by atoms with Crippen LogP contribution in [-0.4, -0.2) is 36.6 Å². The van der Waals surface area contributed by atoms with E-state index in [0.29, 0.717) is 6.04 Å². The van der Waals surface area contributed by atoms with Crippen molar-refractivity contribution in [3.63, 3.8) is 0 Å². The maximum absolute atomic E-state index is 5.44. The van der Waals surface area contributed by atoms with E-state index >= 15 is 0 Å². The molecule has 0 aromatic carbocycles. The van der Waals surface area contributed by atoms with Crippen molar-refractivity contribution in [2.75, 3.05) is 19.6 Å². The SMILES string of the molecule is CC(Cc1ccco1)N1CCNC(C2CC2)C1. The van der Waals surface area contributed by atoms with Gasteiger partial charge in [-0.1, -0.05) is 0 Å². The third kappa shape index (κ3) is 2.72. The summed E-state index contributed by atoms with van der Waals surface area (Å²) in [7, 11) is 0. The monoisotopic (exact) mass is 234 g/mol. The Hall–Kier alpha value is -0.800. The van der Waals surface area contributed by atoms with Gasteiger partial charge in [0, 0.05) is 38.1 Å². The molecule has 0 spiro atoms. The molecule has 1 aliphatic heterocycles. The van der Waals surface area contributed by atoms with E-state index in [0.717, 1.165) is 30.7 Å². The summed E-state index contributed by atoms with van der Waals surface area (Å²) >= 11 is 0. The van der Waals surface area contributed by atoms with Crippen molar-refractivity contribution in [1.82, 2.24) is 10.2 Å². The Morgan fingerprint density at radius 3 is 3.12 bits per heavy atom. The van der Waals surface area contributed by atoms with E-state index in [4.69, 9.17) is 4.42 Å². The summed E-state index contributed by atoms with van der Waals surface area (Å²) in [6.45, 7) is 5.85. The molecule has 1 N–H and O–H groups in total. The van der Waals surface area contributed by atoms with Gasteiger partial charge in [-0.15, -0.1) is 0 Å². The molecule has 3 rings (SSSR count). The lowest BCUT2D eigenvalue weighted by Gasteiger charge is -2.37. The Morgan fingerprint density at radius 1 is 1.53 bits per heavy atom. The van der Waals surface area contributed by atoms with Gasteiger partial charge in [0.1, 0.15) is 5.76 Å².